The highest BCUT2D eigenvalue weighted by Gasteiger charge is 2.20. The molecular weight excluding hydrogens is 403 g/mol. The smallest absolute Gasteiger partial charge is 0.267 e. The summed E-state index contributed by atoms with van der Waals surface area (Å²) in [7, 11) is 0. The number of benzene rings is 2. The van der Waals surface area contributed by atoms with Crippen LogP contribution in [0.1, 0.15) is 9.67 Å². The number of fused-ring (bicyclic) bond motifs is 1. The first-order chi connectivity index (χ1) is 10.9. The Hall–Kier alpha value is -1.04. The molecule has 1 amide bonds. The summed E-state index contributed by atoms with van der Waals surface area (Å²) in [4.78, 5) is 12.6. The van der Waals surface area contributed by atoms with Gasteiger partial charge in [-0.15, -0.1) is 11.3 Å². The normalized spacial score (nSPS) is 11.0. The van der Waals surface area contributed by atoms with Crippen LogP contribution in [-0.4, -0.2) is 5.91 Å². The van der Waals surface area contributed by atoms with Crippen molar-refractivity contribution in [3.63, 3.8) is 0 Å². The van der Waals surface area contributed by atoms with Gasteiger partial charge in [0.1, 0.15) is 10.7 Å². The van der Waals surface area contributed by atoms with Gasteiger partial charge in [-0.05, 0) is 30.3 Å². The van der Waals surface area contributed by atoms with Crippen LogP contribution in [0.25, 0.3) is 10.1 Å². The van der Waals surface area contributed by atoms with E-state index in [2.05, 4.69) is 5.32 Å². The predicted molar refractivity (Wildman–Crippen MR) is 96.2 cm³/mol. The number of amides is 1. The molecule has 0 atom stereocenters. The molecule has 0 unspecified atom stereocenters. The number of halogens is 5. The van der Waals surface area contributed by atoms with Crippen molar-refractivity contribution in [3.8, 4) is 0 Å². The first-order valence-electron chi connectivity index (χ1n) is 6.20. The summed E-state index contributed by atoms with van der Waals surface area (Å²) in [6.45, 7) is 0. The molecule has 23 heavy (non-hydrogen) atoms. The van der Waals surface area contributed by atoms with Gasteiger partial charge in [0, 0.05) is 20.1 Å². The Morgan fingerprint density at radius 2 is 1.78 bits per heavy atom. The monoisotopic (exact) mass is 407 g/mol. The first-order valence-corrected chi connectivity index (χ1v) is 8.53. The first kappa shape index (κ1) is 16.8. The highest BCUT2D eigenvalue weighted by Crippen LogP contribution is 2.41. The maximum atomic E-state index is 13.8. The van der Waals surface area contributed by atoms with Crippen molar-refractivity contribution in [3.05, 3.63) is 61.1 Å². The molecule has 3 rings (SSSR count). The standard InChI is InChI=1S/C15H6Cl4FNOS/c16-6-1-2-10(9(20)4-6)21-15(22)14-13(19)12-8(18)3-7(17)5-11(12)23-14/h1-5H,(H,21,22). The Kier molecular flexibility index (Phi) is 4.72. The van der Waals surface area contributed by atoms with Gasteiger partial charge in [0.05, 0.1) is 15.7 Å². The van der Waals surface area contributed by atoms with E-state index in [1.165, 1.54) is 12.1 Å². The summed E-state index contributed by atoms with van der Waals surface area (Å²) in [5.74, 6) is -1.17. The number of hydrogen-bond donors (Lipinski definition) is 1. The molecule has 1 N–H and O–H groups in total. The van der Waals surface area contributed by atoms with Crippen LogP contribution in [0.5, 0.6) is 0 Å². The van der Waals surface area contributed by atoms with Gasteiger partial charge in [-0.25, -0.2) is 4.39 Å². The van der Waals surface area contributed by atoms with Crippen LogP contribution in [0.4, 0.5) is 10.1 Å². The Bertz CT molecular complexity index is 941. The Balaban J connectivity index is 2.01. The van der Waals surface area contributed by atoms with Gasteiger partial charge in [-0.2, -0.15) is 0 Å². The SMILES string of the molecule is O=C(Nc1ccc(Cl)cc1F)c1sc2cc(Cl)cc(Cl)c2c1Cl. The largest absolute Gasteiger partial charge is 0.319 e. The highest BCUT2D eigenvalue weighted by molar-refractivity contribution is 7.21. The summed E-state index contributed by atoms with van der Waals surface area (Å²) in [6, 6.07) is 7.17. The lowest BCUT2D eigenvalue weighted by Gasteiger charge is -2.05. The van der Waals surface area contributed by atoms with E-state index >= 15 is 0 Å². The molecular formula is C15H6Cl4FNOS. The van der Waals surface area contributed by atoms with Crippen molar-refractivity contribution in [2.24, 2.45) is 0 Å². The van der Waals surface area contributed by atoms with E-state index in [0.29, 0.717) is 20.1 Å². The molecule has 0 bridgehead atoms. The van der Waals surface area contributed by atoms with Crippen LogP contribution in [0, 0.1) is 5.82 Å². The molecule has 0 aliphatic heterocycles. The maximum absolute atomic E-state index is 13.8. The molecule has 1 heterocycles. The second-order valence-corrected chi connectivity index (χ2v) is 7.29. The Morgan fingerprint density at radius 1 is 1.04 bits per heavy atom. The van der Waals surface area contributed by atoms with Crippen LogP contribution in [-0.2, 0) is 0 Å². The summed E-state index contributed by atoms with van der Waals surface area (Å²) < 4.78 is 14.5. The third-order valence-corrected chi connectivity index (χ3v) is 5.41. The molecule has 3 aromatic rings. The number of anilines is 1. The van der Waals surface area contributed by atoms with E-state index in [1.807, 2.05) is 0 Å². The van der Waals surface area contributed by atoms with Gasteiger partial charge < -0.3 is 5.32 Å². The van der Waals surface area contributed by atoms with E-state index in [9.17, 15) is 9.18 Å². The van der Waals surface area contributed by atoms with Crippen LogP contribution in [0.2, 0.25) is 20.1 Å². The minimum atomic E-state index is -0.635. The molecule has 0 fully saturated rings. The number of rotatable bonds is 2. The topological polar surface area (TPSA) is 29.1 Å². The zero-order valence-corrected chi connectivity index (χ0v) is 14.9. The fraction of sp³-hybridized carbons (Fsp3) is 0. The number of carbonyl (C=O) groups is 1. The minimum Gasteiger partial charge on any atom is -0.319 e. The van der Waals surface area contributed by atoms with E-state index in [-0.39, 0.29) is 20.6 Å². The second-order valence-electron chi connectivity index (χ2n) is 4.58. The average Bonchev–Trinajstić information content (AvgIpc) is 2.79. The molecule has 0 radical (unpaired) electrons. The molecule has 2 aromatic carbocycles. The van der Waals surface area contributed by atoms with Crippen molar-refractivity contribution >= 4 is 79.4 Å². The third kappa shape index (κ3) is 3.28. The third-order valence-electron chi connectivity index (χ3n) is 3.04. The summed E-state index contributed by atoms with van der Waals surface area (Å²) >= 11 is 25.1. The number of carbonyl (C=O) groups excluding carboxylic acids is 1. The quantitative estimate of drug-likeness (QED) is 0.490. The Morgan fingerprint density at radius 3 is 2.48 bits per heavy atom. The fourth-order valence-corrected chi connectivity index (χ4v) is 4.46. The summed E-state index contributed by atoms with van der Waals surface area (Å²) in [5.41, 5.74) is 0.0112. The van der Waals surface area contributed by atoms with Crippen molar-refractivity contribution < 1.29 is 9.18 Å². The number of hydrogen-bond acceptors (Lipinski definition) is 2. The lowest BCUT2D eigenvalue weighted by Crippen LogP contribution is -2.11. The van der Waals surface area contributed by atoms with Gasteiger partial charge in [0.15, 0.2) is 0 Å². The molecule has 8 heteroatoms. The van der Waals surface area contributed by atoms with Crippen molar-refractivity contribution in [2.75, 3.05) is 5.32 Å². The molecule has 0 aliphatic carbocycles. The zero-order chi connectivity index (χ0) is 16.7. The van der Waals surface area contributed by atoms with Crippen molar-refractivity contribution in [1.29, 1.82) is 0 Å². The summed E-state index contributed by atoms with van der Waals surface area (Å²) in [6.07, 6.45) is 0. The van der Waals surface area contributed by atoms with Gasteiger partial charge in [-0.3, -0.25) is 4.79 Å². The second kappa shape index (κ2) is 6.46. The lowest BCUT2D eigenvalue weighted by atomic mass is 10.2. The highest BCUT2D eigenvalue weighted by atomic mass is 35.5. The van der Waals surface area contributed by atoms with Crippen LogP contribution < -0.4 is 5.32 Å². The molecule has 0 saturated carbocycles. The molecule has 0 aliphatic rings. The summed E-state index contributed by atoms with van der Waals surface area (Å²) in [5, 5.41) is 4.25. The van der Waals surface area contributed by atoms with Crippen LogP contribution in [0.15, 0.2) is 30.3 Å². The molecule has 1 aromatic heterocycles. The van der Waals surface area contributed by atoms with Gasteiger partial charge in [-0.1, -0.05) is 46.4 Å². The van der Waals surface area contributed by atoms with E-state index in [1.54, 1.807) is 12.1 Å². The van der Waals surface area contributed by atoms with Crippen LogP contribution in [0.3, 0.4) is 0 Å². The minimum absolute atomic E-state index is 0.0112. The number of thiophene rings is 1. The van der Waals surface area contributed by atoms with E-state index in [0.717, 1.165) is 17.4 Å². The van der Waals surface area contributed by atoms with Crippen LogP contribution >= 0.6 is 57.7 Å². The average molecular weight is 409 g/mol. The number of nitrogens with one attached hydrogen (secondary N) is 1. The van der Waals surface area contributed by atoms with Gasteiger partial charge in [0.2, 0.25) is 0 Å². The zero-order valence-electron chi connectivity index (χ0n) is 11.1. The fourth-order valence-electron chi connectivity index (χ4n) is 2.03. The predicted octanol–water partition coefficient (Wildman–Crippen LogP) is 6.91. The maximum Gasteiger partial charge on any atom is 0.267 e. The van der Waals surface area contributed by atoms with E-state index in [4.69, 9.17) is 46.4 Å². The molecule has 0 spiro atoms. The lowest BCUT2D eigenvalue weighted by molar-refractivity contribution is 0.103. The van der Waals surface area contributed by atoms with E-state index < -0.39 is 11.7 Å². The van der Waals surface area contributed by atoms with Crippen molar-refractivity contribution in [2.45, 2.75) is 0 Å². The van der Waals surface area contributed by atoms with Gasteiger partial charge >= 0.3 is 0 Å². The Labute approximate surface area is 154 Å². The van der Waals surface area contributed by atoms with Gasteiger partial charge in [0.25, 0.3) is 5.91 Å². The molecule has 118 valence electrons. The molecule has 0 saturated heterocycles. The van der Waals surface area contributed by atoms with Crippen molar-refractivity contribution in [1.82, 2.24) is 0 Å². The molecule has 2 nitrogen and oxygen atoms in total.